The van der Waals surface area contributed by atoms with Crippen LogP contribution in [0.1, 0.15) is 36.8 Å². The summed E-state index contributed by atoms with van der Waals surface area (Å²) in [4.78, 5) is 28.4. The van der Waals surface area contributed by atoms with Gasteiger partial charge in [-0.1, -0.05) is 36.4 Å². The van der Waals surface area contributed by atoms with E-state index in [0.29, 0.717) is 24.6 Å². The highest BCUT2D eigenvalue weighted by Gasteiger charge is 2.25. The summed E-state index contributed by atoms with van der Waals surface area (Å²) in [5.74, 6) is 0.385. The highest BCUT2D eigenvalue weighted by Crippen LogP contribution is 2.30. The van der Waals surface area contributed by atoms with Gasteiger partial charge in [0.05, 0.1) is 31.8 Å². The first-order chi connectivity index (χ1) is 14.7. The molecule has 0 saturated carbocycles. The molecule has 0 unspecified atom stereocenters. The van der Waals surface area contributed by atoms with E-state index in [4.69, 9.17) is 4.74 Å². The maximum atomic E-state index is 12.7. The number of anilines is 1. The molecular weight excluding hydrogens is 378 g/mol. The van der Waals surface area contributed by atoms with Gasteiger partial charge in [0.2, 0.25) is 11.8 Å². The van der Waals surface area contributed by atoms with Gasteiger partial charge in [-0.25, -0.2) is 0 Å². The number of amides is 2. The van der Waals surface area contributed by atoms with E-state index < -0.39 is 0 Å². The molecule has 0 radical (unpaired) electrons. The molecule has 6 nitrogen and oxygen atoms in total. The zero-order chi connectivity index (χ0) is 20.8. The molecule has 1 fully saturated rings. The van der Waals surface area contributed by atoms with Gasteiger partial charge < -0.3 is 15.0 Å². The lowest BCUT2D eigenvalue weighted by atomic mass is 10.0. The Morgan fingerprint density at radius 1 is 1.00 bits per heavy atom. The van der Waals surface area contributed by atoms with E-state index >= 15 is 0 Å². The summed E-state index contributed by atoms with van der Waals surface area (Å²) in [5.41, 5.74) is 3.10. The number of para-hydroxylation sites is 2. The van der Waals surface area contributed by atoms with Crippen molar-refractivity contribution in [2.75, 3.05) is 31.1 Å². The quantitative estimate of drug-likeness (QED) is 0.765. The van der Waals surface area contributed by atoms with Gasteiger partial charge >= 0.3 is 0 Å². The van der Waals surface area contributed by atoms with Gasteiger partial charge in [0.1, 0.15) is 18.8 Å². The van der Waals surface area contributed by atoms with Crippen molar-refractivity contribution in [3.05, 3.63) is 59.7 Å². The van der Waals surface area contributed by atoms with Gasteiger partial charge in [-0.3, -0.25) is 14.5 Å². The maximum Gasteiger partial charge on any atom is 0.240 e. The SMILES string of the molecule is O=C(CN1C(=O)CCOc2ccccc21)NCc1ccccc1C[NH+]1CCCCC1. The summed E-state index contributed by atoms with van der Waals surface area (Å²) in [6, 6.07) is 15.7. The molecule has 1 saturated heterocycles. The number of rotatable bonds is 6. The van der Waals surface area contributed by atoms with E-state index in [9.17, 15) is 9.59 Å². The van der Waals surface area contributed by atoms with Crippen LogP contribution in [0.25, 0.3) is 0 Å². The van der Waals surface area contributed by atoms with Crippen molar-refractivity contribution < 1.29 is 19.2 Å². The smallest absolute Gasteiger partial charge is 0.240 e. The van der Waals surface area contributed by atoms with Crippen molar-refractivity contribution >= 4 is 17.5 Å². The average molecular weight is 409 g/mol. The molecule has 0 aliphatic carbocycles. The molecule has 2 N–H and O–H groups in total. The maximum absolute atomic E-state index is 12.7. The third kappa shape index (κ3) is 5.00. The van der Waals surface area contributed by atoms with E-state index in [2.05, 4.69) is 23.5 Å². The number of benzene rings is 2. The molecule has 158 valence electrons. The highest BCUT2D eigenvalue weighted by atomic mass is 16.5. The van der Waals surface area contributed by atoms with Crippen LogP contribution in [0.4, 0.5) is 5.69 Å². The number of nitrogens with zero attached hydrogens (tertiary/aromatic N) is 1. The zero-order valence-corrected chi connectivity index (χ0v) is 17.4. The lowest BCUT2D eigenvalue weighted by Gasteiger charge is -2.24. The number of piperidine rings is 1. The molecular formula is C24H30N3O3+. The number of nitrogens with one attached hydrogen (secondary N) is 2. The second kappa shape index (κ2) is 9.76. The summed E-state index contributed by atoms with van der Waals surface area (Å²) < 4.78 is 5.65. The normalized spacial score (nSPS) is 17.1. The monoisotopic (exact) mass is 408 g/mol. The van der Waals surface area contributed by atoms with Crippen molar-refractivity contribution in [2.24, 2.45) is 0 Å². The second-order valence-corrected chi connectivity index (χ2v) is 8.08. The Morgan fingerprint density at radius 2 is 1.73 bits per heavy atom. The molecule has 2 heterocycles. The fourth-order valence-electron chi connectivity index (χ4n) is 4.29. The number of carbonyl (C=O) groups is 2. The number of carbonyl (C=O) groups excluding carboxylic acids is 2. The summed E-state index contributed by atoms with van der Waals surface area (Å²) in [7, 11) is 0. The van der Waals surface area contributed by atoms with E-state index in [1.165, 1.54) is 42.8 Å². The summed E-state index contributed by atoms with van der Waals surface area (Å²) in [5, 5.41) is 3.01. The number of likely N-dealkylation sites (tertiary alicyclic amines) is 1. The summed E-state index contributed by atoms with van der Waals surface area (Å²) in [6.07, 6.45) is 4.20. The van der Waals surface area contributed by atoms with Crippen LogP contribution >= 0.6 is 0 Å². The first-order valence-corrected chi connectivity index (χ1v) is 10.9. The standard InChI is InChI=1S/C24H29N3O3/c28-23(18-27-21-10-4-5-11-22(21)30-15-12-24(27)29)25-16-19-8-2-3-9-20(19)17-26-13-6-1-7-14-26/h2-5,8-11H,1,6-7,12-18H2,(H,25,28)/p+1. The lowest BCUT2D eigenvalue weighted by Crippen LogP contribution is -3.11. The number of quaternary nitrogens is 1. The number of ether oxygens (including phenoxy) is 1. The Balaban J connectivity index is 1.39. The minimum absolute atomic E-state index is 0.00124. The van der Waals surface area contributed by atoms with Crippen LogP contribution in [-0.2, 0) is 22.7 Å². The molecule has 0 bridgehead atoms. The molecule has 0 spiro atoms. The number of hydrogen-bond acceptors (Lipinski definition) is 3. The largest absolute Gasteiger partial charge is 0.491 e. The first-order valence-electron chi connectivity index (χ1n) is 10.9. The van der Waals surface area contributed by atoms with Gasteiger partial charge in [0.15, 0.2) is 0 Å². The van der Waals surface area contributed by atoms with Crippen molar-refractivity contribution in [2.45, 2.75) is 38.8 Å². The molecule has 0 aromatic heterocycles. The van der Waals surface area contributed by atoms with Crippen LogP contribution in [0.5, 0.6) is 5.75 Å². The Bertz CT molecular complexity index is 893. The van der Waals surface area contributed by atoms with E-state index in [0.717, 1.165) is 12.1 Å². The Morgan fingerprint density at radius 3 is 2.57 bits per heavy atom. The van der Waals surface area contributed by atoms with Crippen LogP contribution < -0.4 is 19.9 Å². The van der Waals surface area contributed by atoms with Crippen molar-refractivity contribution in [3.8, 4) is 5.75 Å². The fraction of sp³-hybridized carbons (Fsp3) is 0.417. The van der Waals surface area contributed by atoms with Crippen LogP contribution in [0.3, 0.4) is 0 Å². The number of hydrogen-bond donors (Lipinski definition) is 2. The van der Waals surface area contributed by atoms with Gasteiger partial charge in [0, 0.05) is 12.1 Å². The predicted molar refractivity (Wildman–Crippen MR) is 115 cm³/mol. The fourth-order valence-corrected chi connectivity index (χ4v) is 4.29. The van der Waals surface area contributed by atoms with Gasteiger partial charge in [-0.2, -0.15) is 0 Å². The minimum Gasteiger partial charge on any atom is -0.491 e. The molecule has 2 aromatic rings. The average Bonchev–Trinajstić information content (AvgIpc) is 2.93. The van der Waals surface area contributed by atoms with Crippen LogP contribution in [-0.4, -0.2) is 38.1 Å². The summed E-state index contributed by atoms with van der Waals surface area (Å²) in [6.45, 7) is 4.25. The van der Waals surface area contributed by atoms with Crippen LogP contribution in [0, 0.1) is 0 Å². The Labute approximate surface area is 177 Å². The van der Waals surface area contributed by atoms with Gasteiger partial charge in [-0.15, -0.1) is 0 Å². The Hall–Kier alpha value is -2.86. The van der Waals surface area contributed by atoms with Gasteiger partial charge in [0.25, 0.3) is 0 Å². The molecule has 2 aliphatic rings. The molecule has 2 aliphatic heterocycles. The number of fused-ring (bicyclic) bond motifs is 1. The minimum atomic E-state index is -0.167. The van der Waals surface area contributed by atoms with E-state index in [-0.39, 0.29) is 24.8 Å². The second-order valence-electron chi connectivity index (χ2n) is 8.08. The molecule has 2 aromatic carbocycles. The topological polar surface area (TPSA) is 63.1 Å². The lowest BCUT2D eigenvalue weighted by molar-refractivity contribution is -0.918. The highest BCUT2D eigenvalue weighted by molar-refractivity contribution is 6.00. The van der Waals surface area contributed by atoms with E-state index in [1.54, 1.807) is 4.90 Å². The molecule has 2 amide bonds. The molecule has 6 heteroatoms. The molecule has 4 rings (SSSR count). The third-order valence-corrected chi connectivity index (χ3v) is 5.93. The third-order valence-electron chi connectivity index (χ3n) is 5.93. The summed E-state index contributed by atoms with van der Waals surface area (Å²) >= 11 is 0. The van der Waals surface area contributed by atoms with Gasteiger partial charge in [-0.05, 0) is 37.0 Å². The van der Waals surface area contributed by atoms with Crippen LogP contribution in [0.15, 0.2) is 48.5 Å². The molecule has 30 heavy (non-hydrogen) atoms. The Kier molecular flexibility index (Phi) is 6.64. The van der Waals surface area contributed by atoms with E-state index in [1.807, 2.05) is 30.3 Å². The van der Waals surface area contributed by atoms with Crippen LogP contribution in [0.2, 0.25) is 0 Å². The zero-order valence-electron chi connectivity index (χ0n) is 17.4. The predicted octanol–water partition coefficient (Wildman–Crippen LogP) is 1.69. The first kappa shape index (κ1) is 20.4. The van der Waals surface area contributed by atoms with Crippen molar-refractivity contribution in [3.63, 3.8) is 0 Å². The molecule has 0 atom stereocenters. The van der Waals surface area contributed by atoms with Crippen molar-refractivity contribution in [1.82, 2.24) is 5.32 Å². The van der Waals surface area contributed by atoms with Crippen molar-refractivity contribution in [1.29, 1.82) is 0 Å².